The molecule has 0 saturated carbocycles. The fraction of sp³-hybridized carbons (Fsp3) is 0.0714. The Morgan fingerprint density at radius 1 is 0.875 bits per heavy atom. The molecule has 16 heavy (non-hydrogen) atoms. The molecule has 0 amide bonds. The lowest BCUT2D eigenvalue weighted by atomic mass is 10.0. The van der Waals surface area contributed by atoms with E-state index in [2.05, 4.69) is 63.4 Å². The lowest BCUT2D eigenvalue weighted by molar-refractivity contribution is 1.16. The molecule has 0 N–H and O–H groups in total. The number of rotatable bonds is 1. The van der Waals surface area contributed by atoms with E-state index >= 15 is 0 Å². The van der Waals surface area contributed by atoms with Crippen molar-refractivity contribution >= 4 is 21.5 Å². The summed E-state index contributed by atoms with van der Waals surface area (Å²) in [4.78, 5) is 4.67. The molecule has 0 spiro atoms. The molecule has 1 aliphatic rings. The summed E-state index contributed by atoms with van der Waals surface area (Å²) in [6, 6.07) is 18.7. The van der Waals surface area contributed by atoms with Crippen molar-refractivity contribution in [2.24, 2.45) is 4.99 Å². The molecular formula is C14H10BrN. The van der Waals surface area contributed by atoms with Gasteiger partial charge in [0.2, 0.25) is 0 Å². The molecule has 0 aromatic heterocycles. The van der Waals surface area contributed by atoms with Crippen LogP contribution in [0.2, 0.25) is 0 Å². The minimum absolute atomic E-state index is 0.0762. The maximum Gasteiger partial charge on any atom is 0.131 e. The third-order valence-corrected chi connectivity index (χ3v) is 3.43. The summed E-state index contributed by atoms with van der Waals surface area (Å²) >= 11 is 3.62. The van der Waals surface area contributed by atoms with Gasteiger partial charge in [0.05, 0.1) is 5.36 Å². The number of benzene rings is 2. The normalized spacial score (nSPS) is 18.1. The molecule has 1 aliphatic heterocycles. The number of alkyl halides is 1. The van der Waals surface area contributed by atoms with Crippen LogP contribution >= 0.6 is 15.9 Å². The van der Waals surface area contributed by atoms with Gasteiger partial charge in [-0.25, -0.2) is 0 Å². The van der Waals surface area contributed by atoms with Crippen molar-refractivity contribution in [2.75, 3.05) is 0 Å². The number of para-hydroxylation sites is 1. The molecule has 78 valence electrons. The molecule has 2 aromatic rings. The van der Waals surface area contributed by atoms with Crippen LogP contribution in [0.25, 0.3) is 5.57 Å². The Balaban J connectivity index is 2.34. The molecule has 0 aliphatic carbocycles. The molecule has 2 aromatic carbocycles. The molecule has 1 atom stereocenters. The summed E-state index contributed by atoms with van der Waals surface area (Å²) < 4.78 is 0. The Bertz CT molecular complexity index is 631. The third-order valence-electron chi connectivity index (χ3n) is 2.77. The van der Waals surface area contributed by atoms with Crippen LogP contribution < -0.4 is 10.6 Å². The maximum atomic E-state index is 4.59. The van der Waals surface area contributed by atoms with Crippen LogP contribution in [0.3, 0.4) is 0 Å². The van der Waals surface area contributed by atoms with Crippen molar-refractivity contribution in [2.45, 2.75) is 4.95 Å². The van der Waals surface area contributed by atoms with E-state index in [4.69, 9.17) is 0 Å². The third kappa shape index (κ3) is 1.50. The van der Waals surface area contributed by atoms with Crippen molar-refractivity contribution < 1.29 is 0 Å². The van der Waals surface area contributed by atoms with Gasteiger partial charge in [-0.2, -0.15) is 0 Å². The van der Waals surface area contributed by atoms with Crippen LogP contribution in [0.5, 0.6) is 0 Å². The summed E-state index contributed by atoms with van der Waals surface area (Å²) in [5, 5.41) is 2.30. The second-order valence-electron chi connectivity index (χ2n) is 3.76. The van der Waals surface area contributed by atoms with E-state index in [-0.39, 0.29) is 4.95 Å². The molecule has 0 fully saturated rings. The predicted octanol–water partition coefficient (Wildman–Crippen LogP) is 2.24. The monoisotopic (exact) mass is 271 g/mol. The summed E-state index contributed by atoms with van der Waals surface area (Å²) in [6.07, 6.45) is 0. The first kappa shape index (κ1) is 9.79. The average Bonchev–Trinajstić information content (AvgIpc) is 2.66. The van der Waals surface area contributed by atoms with Crippen molar-refractivity contribution in [3.63, 3.8) is 0 Å². The summed E-state index contributed by atoms with van der Waals surface area (Å²) in [6.45, 7) is 0. The highest BCUT2D eigenvalue weighted by Gasteiger charge is 2.17. The van der Waals surface area contributed by atoms with Gasteiger partial charge in [-0.1, -0.05) is 64.5 Å². The molecule has 0 saturated heterocycles. The van der Waals surface area contributed by atoms with Crippen molar-refractivity contribution in [1.82, 2.24) is 0 Å². The summed E-state index contributed by atoms with van der Waals surface area (Å²) in [5.41, 5.74) is 2.49. The number of hydrogen-bond donors (Lipinski definition) is 0. The van der Waals surface area contributed by atoms with Gasteiger partial charge in [-0.05, 0) is 11.6 Å². The van der Waals surface area contributed by atoms with Gasteiger partial charge in [0, 0.05) is 10.8 Å². The van der Waals surface area contributed by atoms with E-state index in [0.29, 0.717) is 0 Å². The van der Waals surface area contributed by atoms with E-state index in [1.54, 1.807) is 0 Å². The number of fused-ring (bicyclic) bond motifs is 1. The highest BCUT2D eigenvalue weighted by molar-refractivity contribution is 9.09. The molecule has 3 rings (SSSR count). The Kier molecular flexibility index (Phi) is 2.37. The fourth-order valence-electron chi connectivity index (χ4n) is 2.04. The molecule has 2 heteroatoms. The number of hydrogen-bond acceptors (Lipinski definition) is 1. The highest BCUT2D eigenvalue weighted by atomic mass is 79.9. The highest BCUT2D eigenvalue weighted by Crippen LogP contribution is 2.23. The van der Waals surface area contributed by atoms with E-state index in [0.717, 1.165) is 5.36 Å². The largest absolute Gasteiger partial charge is 0.265 e. The van der Waals surface area contributed by atoms with E-state index < -0.39 is 0 Å². The Morgan fingerprint density at radius 2 is 1.56 bits per heavy atom. The van der Waals surface area contributed by atoms with Crippen LogP contribution in [0, 0.1) is 0 Å². The lowest BCUT2D eigenvalue weighted by Gasteiger charge is -2.06. The van der Waals surface area contributed by atoms with Gasteiger partial charge in [0.25, 0.3) is 0 Å². The number of halogens is 1. The standard InChI is InChI=1S/C14H10BrN/c15-14-13(10-6-2-1-3-7-10)11-8-4-5-9-12(11)16-14/h1-9,14H. The van der Waals surface area contributed by atoms with E-state index in [1.165, 1.54) is 16.4 Å². The summed E-state index contributed by atoms with van der Waals surface area (Å²) in [5.74, 6) is 0. The Labute approximate surface area is 102 Å². The Hall–Kier alpha value is -1.41. The van der Waals surface area contributed by atoms with E-state index in [1.807, 2.05) is 12.1 Å². The van der Waals surface area contributed by atoms with Gasteiger partial charge >= 0.3 is 0 Å². The second kappa shape index (κ2) is 3.87. The molecule has 1 heterocycles. The zero-order valence-electron chi connectivity index (χ0n) is 8.60. The number of nitrogens with zero attached hydrogens (tertiary/aromatic N) is 1. The molecular weight excluding hydrogens is 262 g/mol. The molecule has 0 bridgehead atoms. The van der Waals surface area contributed by atoms with Crippen LogP contribution in [-0.4, -0.2) is 4.95 Å². The Morgan fingerprint density at radius 3 is 2.38 bits per heavy atom. The average molecular weight is 272 g/mol. The molecule has 1 unspecified atom stereocenters. The maximum absolute atomic E-state index is 4.59. The first-order valence-electron chi connectivity index (χ1n) is 5.23. The predicted molar refractivity (Wildman–Crippen MR) is 68.9 cm³/mol. The van der Waals surface area contributed by atoms with Gasteiger partial charge in [0.15, 0.2) is 0 Å². The van der Waals surface area contributed by atoms with Gasteiger partial charge in [-0.15, -0.1) is 0 Å². The first-order chi connectivity index (χ1) is 7.86. The molecule has 0 radical (unpaired) electrons. The van der Waals surface area contributed by atoms with Crippen molar-refractivity contribution in [1.29, 1.82) is 0 Å². The lowest BCUT2D eigenvalue weighted by Crippen LogP contribution is -2.22. The van der Waals surface area contributed by atoms with Crippen molar-refractivity contribution in [3.8, 4) is 0 Å². The smallest absolute Gasteiger partial charge is 0.131 e. The van der Waals surface area contributed by atoms with Crippen LogP contribution in [0.15, 0.2) is 59.6 Å². The van der Waals surface area contributed by atoms with Gasteiger partial charge in [-0.3, -0.25) is 4.99 Å². The zero-order chi connectivity index (χ0) is 11.0. The van der Waals surface area contributed by atoms with Crippen molar-refractivity contribution in [3.05, 3.63) is 70.7 Å². The molecule has 1 nitrogen and oxygen atoms in total. The zero-order valence-corrected chi connectivity index (χ0v) is 10.2. The fourth-order valence-corrected chi connectivity index (χ4v) is 2.77. The SMILES string of the molecule is BrC1N=c2ccccc2=C1c1ccccc1. The summed E-state index contributed by atoms with van der Waals surface area (Å²) in [7, 11) is 0. The van der Waals surface area contributed by atoms with Crippen LogP contribution in [0.1, 0.15) is 5.56 Å². The minimum Gasteiger partial charge on any atom is -0.265 e. The van der Waals surface area contributed by atoms with Crippen LogP contribution in [-0.2, 0) is 0 Å². The minimum atomic E-state index is 0.0762. The second-order valence-corrected chi connectivity index (χ2v) is 4.63. The quantitative estimate of drug-likeness (QED) is 0.557. The topological polar surface area (TPSA) is 12.4 Å². The van der Waals surface area contributed by atoms with Gasteiger partial charge < -0.3 is 0 Å². The first-order valence-corrected chi connectivity index (χ1v) is 6.14. The van der Waals surface area contributed by atoms with Crippen LogP contribution in [0.4, 0.5) is 0 Å². The van der Waals surface area contributed by atoms with E-state index in [9.17, 15) is 0 Å². The van der Waals surface area contributed by atoms with Gasteiger partial charge in [0.1, 0.15) is 4.95 Å².